The van der Waals surface area contributed by atoms with E-state index in [1.807, 2.05) is 26.8 Å². The van der Waals surface area contributed by atoms with Crippen LogP contribution in [0.4, 0.5) is 10.5 Å². The van der Waals surface area contributed by atoms with Crippen LogP contribution in [0.3, 0.4) is 0 Å². The van der Waals surface area contributed by atoms with Gasteiger partial charge in [0.25, 0.3) is 0 Å². The van der Waals surface area contributed by atoms with Crippen LogP contribution in [0, 0.1) is 6.92 Å². The Kier molecular flexibility index (Phi) is 2.97. The highest BCUT2D eigenvalue weighted by atomic mass is 79.9. The molecule has 0 fully saturated rings. The molecule has 0 radical (unpaired) electrons. The van der Waals surface area contributed by atoms with Gasteiger partial charge in [-0.15, -0.1) is 0 Å². The van der Waals surface area contributed by atoms with Gasteiger partial charge in [-0.2, -0.15) is 0 Å². The molecule has 0 saturated heterocycles. The fraction of sp³-hybridized carbons (Fsp3) is 0.385. The third-order valence-electron chi connectivity index (χ3n) is 3.34. The van der Waals surface area contributed by atoms with Crippen molar-refractivity contribution in [3.63, 3.8) is 0 Å². The molecule has 1 aromatic rings. The number of nitrogens with zero attached hydrogens (tertiary/aromatic N) is 1. The summed E-state index contributed by atoms with van der Waals surface area (Å²) in [6, 6.07) is 3.59. The Hall–Kier alpha value is -1.36. The first-order chi connectivity index (χ1) is 8.32. The maximum Gasteiger partial charge on any atom is 0.420 e. The van der Waals surface area contributed by atoms with Gasteiger partial charge in [0.15, 0.2) is 0 Å². The first-order valence-corrected chi connectivity index (χ1v) is 6.33. The van der Waals surface area contributed by atoms with Crippen molar-refractivity contribution in [2.45, 2.75) is 26.2 Å². The Bertz CT molecular complexity index is 551. The molecule has 2 rings (SSSR count). The van der Waals surface area contributed by atoms with Crippen molar-refractivity contribution in [2.24, 2.45) is 0 Å². The molecule has 0 saturated carbocycles. The predicted molar refractivity (Wildman–Crippen MR) is 71.8 cm³/mol. The summed E-state index contributed by atoms with van der Waals surface area (Å²) in [4.78, 5) is 25.2. The van der Waals surface area contributed by atoms with Crippen LogP contribution in [0.15, 0.2) is 16.6 Å². The molecule has 1 heterocycles. The molecule has 1 aliphatic heterocycles. The van der Waals surface area contributed by atoms with E-state index in [0.29, 0.717) is 5.69 Å². The molecule has 0 bridgehead atoms. The van der Waals surface area contributed by atoms with Crippen LogP contribution in [0.5, 0.6) is 0 Å². The maximum absolute atomic E-state index is 12.4. The number of methoxy groups -OCH3 is 1. The molecule has 4 nitrogen and oxygen atoms in total. The average Bonchev–Trinajstić information content (AvgIpc) is 2.52. The molecule has 1 aliphatic rings. The third kappa shape index (κ3) is 1.57. The molecule has 18 heavy (non-hydrogen) atoms. The zero-order valence-electron chi connectivity index (χ0n) is 10.7. The number of halogens is 1. The van der Waals surface area contributed by atoms with Gasteiger partial charge < -0.3 is 4.74 Å². The topological polar surface area (TPSA) is 46.6 Å². The molecule has 2 amide bonds. The molecule has 0 N–H and O–H groups in total. The van der Waals surface area contributed by atoms with E-state index in [1.165, 1.54) is 7.11 Å². The second kappa shape index (κ2) is 4.09. The van der Waals surface area contributed by atoms with E-state index in [4.69, 9.17) is 0 Å². The Morgan fingerprint density at radius 3 is 2.56 bits per heavy atom. The van der Waals surface area contributed by atoms with E-state index in [-0.39, 0.29) is 5.91 Å². The van der Waals surface area contributed by atoms with Crippen molar-refractivity contribution in [1.29, 1.82) is 0 Å². The molecule has 5 heteroatoms. The monoisotopic (exact) mass is 311 g/mol. The van der Waals surface area contributed by atoms with Gasteiger partial charge >= 0.3 is 6.09 Å². The molecule has 0 aromatic heterocycles. The van der Waals surface area contributed by atoms with Crippen LogP contribution in [0.2, 0.25) is 0 Å². The number of carbonyl (C=O) groups excluding carboxylic acids is 2. The smallest absolute Gasteiger partial charge is 0.420 e. The number of ether oxygens (including phenoxy) is 1. The second-order valence-electron chi connectivity index (χ2n) is 4.80. The summed E-state index contributed by atoms with van der Waals surface area (Å²) in [5, 5.41) is 0. The zero-order chi connectivity index (χ0) is 13.7. The highest BCUT2D eigenvalue weighted by Gasteiger charge is 2.48. The van der Waals surface area contributed by atoms with Crippen LogP contribution in [-0.2, 0) is 14.9 Å². The normalized spacial score (nSPS) is 16.7. The van der Waals surface area contributed by atoms with Crippen molar-refractivity contribution in [1.82, 2.24) is 0 Å². The van der Waals surface area contributed by atoms with Crippen molar-refractivity contribution in [2.75, 3.05) is 12.0 Å². The van der Waals surface area contributed by atoms with Gasteiger partial charge in [0.05, 0.1) is 18.2 Å². The number of amides is 2. The lowest BCUT2D eigenvalue weighted by Gasteiger charge is -2.18. The minimum Gasteiger partial charge on any atom is -0.452 e. The Morgan fingerprint density at radius 2 is 2.00 bits per heavy atom. The van der Waals surface area contributed by atoms with Crippen LogP contribution in [-0.4, -0.2) is 19.1 Å². The fourth-order valence-electron chi connectivity index (χ4n) is 2.42. The van der Waals surface area contributed by atoms with Gasteiger partial charge in [-0.1, -0.05) is 15.9 Å². The summed E-state index contributed by atoms with van der Waals surface area (Å²) >= 11 is 3.45. The van der Waals surface area contributed by atoms with Crippen LogP contribution in [0.1, 0.15) is 25.0 Å². The number of hydrogen-bond acceptors (Lipinski definition) is 3. The van der Waals surface area contributed by atoms with Crippen molar-refractivity contribution in [3.05, 3.63) is 27.7 Å². The maximum atomic E-state index is 12.4. The minimum absolute atomic E-state index is 0.259. The number of carbonyl (C=O) groups is 2. The summed E-state index contributed by atoms with van der Waals surface area (Å²) in [6.45, 7) is 5.56. The summed E-state index contributed by atoms with van der Waals surface area (Å²) in [5.41, 5.74) is 1.72. The molecule has 0 unspecified atom stereocenters. The number of hydrogen-bond donors (Lipinski definition) is 0. The summed E-state index contributed by atoms with van der Waals surface area (Å²) < 4.78 is 5.60. The molecule has 96 valence electrons. The number of imide groups is 1. The molecule has 1 aromatic carbocycles. The quantitative estimate of drug-likeness (QED) is 0.739. The minimum atomic E-state index is -0.725. The van der Waals surface area contributed by atoms with Gasteiger partial charge in [-0.25, -0.2) is 9.69 Å². The lowest BCUT2D eigenvalue weighted by atomic mass is 9.83. The molecule has 0 aliphatic carbocycles. The Morgan fingerprint density at radius 1 is 1.39 bits per heavy atom. The predicted octanol–water partition coefficient (Wildman–Crippen LogP) is 3.15. The van der Waals surface area contributed by atoms with Crippen molar-refractivity contribution < 1.29 is 14.3 Å². The first kappa shape index (κ1) is 13.1. The molecule has 0 atom stereocenters. The van der Waals surface area contributed by atoms with E-state index in [0.717, 1.165) is 20.5 Å². The largest absolute Gasteiger partial charge is 0.452 e. The Labute approximate surface area is 114 Å². The van der Waals surface area contributed by atoms with Crippen molar-refractivity contribution >= 4 is 33.6 Å². The third-order valence-corrected chi connectivity index (χ3v) is 4.20. The Balaban J connectivity index is 2.73. The van der Waals surface area contributed by atoms with E-state index < -0.39 is 11.5 Å². The summed E-state index contributed by atoms with van der Waals surface area (Å²) in [7, 11) is 1.27. The highest BCUT2D eigenvalue weighted by molar-refractivity contribution is 9.10. The van der Waals surface area contributed by atoms with Crippen molar-refractivity contribution in [3.8, 4) is 0 Å². The lowest BCUT2D eigenvalue weighted by molar-refractivity contribution is -0.121. The van der Waals surface area contributed by atoms with E-state index in [9.17, 15) is 9.59 Å². The van der Waals surface area contributed by atoms with E-state index in [2.05, 4.69) is 20.7 Å². The molecular formula is C13H14BrNO3. The van der Waals surface area contributed by atoms with Crippen LogP contribution in [0.25, 0.3) is 0 Å². The average molecular weight is 312 g/mol. The summed E-state index contributed by atoms with van der Waals surface area (Å²) in [5.74, 6) is -0.259. The van der Waals surface area contributed by atoms with E-state index >= 15 is 0 Å². The summed E-state index contributed by atoms with van der Waals surface area (Å²) in [6.07, 6.45) is -0.645. The highest BCUT2D eigenvalue weighted by Crippen LogP contribution is 2.45. The van der Waals surface area contributed by atoms with Crippen LogP contribution >= 0.6 is 15.9 Å². The van der Waals surface area contributed by atoms with E-state index in [1.54, 1.807) is 6.07 Å². The van der Waals surface area contributed by atoms with Gasteiger partial charge in [-0.05, 0) is 44.0 Å². The van der Waals surface area contributed by atoms with Gasteiger partial charge in [0, 0.05) is 4.47 Å². The number of benzene rings is 1. The number of fused-ring (bicyclic) bond motifs is 1. The molecular weight excluding hydrogens is 298 g/mol. The van der Waals surface area contributed by atoms with Crippen LogP contribution < -0.4 is 4.90 Å². The molecule has 0 spiro atoms. The number of rotatable bonds is 0. The standard InChI is InChI=1S/C13H14BrNO3/c1-7-8(14)5-6-9-10(7)13(2,3)11(16)15(9)12(17)18-4/h5-6H,1-4H3. The lowest BCUT2D eigenvalue weighted by Crippen LogP contribution is -2.40. The van der Waals surface area contributed by atoms with Gasteiger partial charge in [0.1, 0.15) is 0 Å². The second-order valence-corrected chi connectivity index (χ2v) is 5.66. The SMILES string of the molecule is COC(=O)N1C(=O)C(C)(C)c2c1ccc(Br)c2C. The van der Waals surface area contributed by atoms with Gasteiger partial charge in [-0.3, -0.25) is 4.79 Å². The zero-order valence-corrected chi connectivity index (χ0v) is 12.3. The van der Waals surface area contributed by atoms with Gasteiger partial charge in [0.2, 0.25) is 5.91 Å². The fourth-order valence-corrected chi connectivity index (χ4v) is 2.75. The first-order valence-electron chi connectivity index (χ1n) is 5.54. The number of anilines is 1.